The summed E-state index contributed by atoms with van der Waals surface area (Å²) in [6, 6.07) is 14.0. The SMILES string of the molecule is COC(=O)c1ccc(CN2CCN(Cc3cc(C)ccc3OC)CC2)cc1. The van der Waals surface area contributed by atoms with E-state index < -0.39 is 0 Å². The minimum Gasteiger partial charge on any atom is -0.496 e. The van der Waals surface area contributed by atoms with Gasteiger partial charge in [-0.3, -0.25) is 9.80 Å². The predicted molar refractivity (Wildman–Crippen MR) is 106 cm³/mol. The molecule has 2 aromatic carbocycles. The molecule has 0 saturated carbocycles. The molecule has 1 saturated heterocycles. The summed E-state index contributed by atoms with van der Waals surface area (Å²) < 4.78 is 10.3. The van der Waals surface area contributed by atoms with Crippen LogP contribution in [0.25, 0.3) is 0 Å². The Morgan fingerprint density at radius 1 is 0.926 bits per heavy atom. The van der Waals surface area contributed by atoms with Crippen molar-refractivity contribution in [1.82, 2.24) is 9.80 Å². The lowest BCUT2D eigenvalue weighted by atomic mass is 10.1. The summed E-state index contributed by atoms with van der Waals surface area (Å²) in [6.07, 6.45) is 0. The molecular formula is C22H28N2O3. The van der Waals surface area contributed by atoms with E-state index in [1.54, 1.807) is 7.11 Å². The number of piperazine rings is 1. The van der Waals surface area contributed by atoms with Gasteiger partial charge in [-0.25, -0.2) is 4.79 Å². The van der Waals surface area contributed by atoms with E-state index in [2.05, 4.69) is 34.9 Å². The molecule has 3 rings (SSSR count). The number of carbonyl (C=O) groups is 1. The highest BCUT2D eigenvalue weighted by Gasteiger charge is 2.18. The Morgan fingerprint density at radius 2 is 1.56 bits per heavy atom. The zero-order valence-corrected chi connectivity index (χ0v) is 16.4. The monoisotopic (exact) mass is 368 g/mol. The fraction of sp³-hybridized carbons (Fsp3) is 0.409. The molecular weight excluding hydrogens is 340 g/mol. The van der Waals surface area contributed by atoms with Crippen molar-refractivity contribution in [3.8, 4) is 5.75 Å². The molecule has 0 atom stereocenters. The molecule has 0 amide bonds. The Balaban J connectivity index is 1.52. The van der Waals surface area contributed by atoms with Gasteiger partial charge in [-0.1, -0.05) is 29.8 Å². The Labute approximate surface area is 161 Å². The molecule has 0 spiro atoms. The number of esters is 1. The second-order valence-electron chi connectivity index (χ2n) is 7.06. The maximum atomic E-state index is 11.5. The summed E-state index contributed by atoms with van der Waals surface area (Å²) in [5.41, 5.74) is 4.33. The molecule has 2 aromatic rings. The summed E-state index contributed by atoms with van der Waals surface area (Å²) in [5, 5.41) is 0. The second-order valence-corrected chi connectivity index (χ2v) is 7.06. The van der Waals surface area contributed by atoms with Gasteiger partial charge in [0.25, 0.3) is 0 Å². The largest absolute Gasteiger partial charge is 0.496 e. The highest BCUT2D eigenvalue weighted by molar-refractivity contribution is 5.89. The molecule has 1 aliphatic rings. The summed E-state index contributed by atoms with van der Waals surface area (Å²) in [5.74, 6) is 0.676. The van der Waals surface area contributed by atoms with Crippen LogP contribution in [-0.2, 0) is 17.8 Å². The molecule has 0 aliphatic carbocycles. The first-order valence-electron chi connectivity index (χ1n) is 9.34. The standard InChI is InChI=1S/C22H28N2O3/c1-17-4-9-21(26-2)20(14-17)16-24-12-10-23(11-13-24)15-18-5-7-19(8-6-18)22(25)27-3/h4-9,14H,10-13,15-16H2,1-3H3. The number of carbonyl (C=O) groups excluding carboxylic acids is 1. The molecule has 144 valence electrons. The molecule has 1 heterocycles. The minimum absolute atomic E-state index is 0.290. The molecule has 1 fully saturated rings. The van der Waals surface area contributed by atoms with Gasteiger partial charge in [-0.2, -0.15) is 0 Å². The molecule has 0 unspecified atom stereocenters. The summed E-state index contributed by atoms with van der Waals surface area (Å²) >= 11 is 0. The van der Waals surface area contributed by atoms with E-state index in [0.717, 1.165) is 45.0 Å². The Kier molecular flexibility index (Phi) is 6.48. The van der Waals surface area contributed by atoms with E-state index in [9.17, 15) is 4.79 Å². The molecule has 5 nitrogen and oxygen atoms in total. The smallest absolute Gasteiger partial charge is 0.337 e. The van der Waals surface area contributed by atoms with Gasteiger partial charge in [-0.15, -0.1) is 0 Å². The molecule has 0 aromatic heterocycles. The van der Waals surface area contributed by atoms with Gasteiger partial charge >= 0.3 is 5.97 Å². The Hall–Kier alpha value is -2.37. The van der Waals surface area contributed by atoms with Gasteiger partial charge in [0, 0.05) is 44.8 Å². The van der Waals surface area contributed by atoms with E-state index in [1.807, 2.05) is 24.3 Å². The van der Waals surface area contributed by atoms with Gasteiger partial charge in [0.2, 0.25) is 0 Å². The molecule has 27 heavy (non-hydrogen) atoms. The number of nitrogens with zero attached hydrogens (tertiary/aromatic N) is 2. The second kappa shape index (κ2) is 9.02. The third-order valence-electron chi connectivity index (χ3n) is 5.08. The van der Waals surface area contributed by atoms with Crippen molar-refractivity contribution in [2.24, 2.45) is 0 Å². The highest BCUT2D eigenvalue weighted by Crippen LogP contribution is 2.22. The van der Waals surface area contributed by atoms with Crippen LogP contribution < -0.4 is 4.74 Å². The van der Waals surface area contributed by atoms with E-state index in [1.165, 1.54) is 23.8 Å². The zero-order valence-electron chi connectivity index (χ0n) is 16.4. The molecule has 0 bridgehead atoms. The van der Waals surface area contributed by atoms with Crippen LogP contribution in [0.1, 0.15) is 27.0 Å². The summed E-state index contributed by atoms with van der Waals surface area (Å²) in [7, 11) is 3.14. The van der Waals surface area contributed by atoms with E-state index >= 15 is 0 Å². The van der Waals surface area contributed by atoms with Gasteiger partial charge in [0.15, 0.2) is 0 Å². The van der Waals surface area contributed by atoms with Crippen molar-refractivity contribution in [3.05, 3.63) is 64.7 Å². The average Bonchev–Trinajstić information content (AvgIpc) is 2.70. The minimum atomic E-state index is -0.290. The van der Waals surface area contributed by atoms with Crippen molar-refractivity contribution in [2.45, 2.75) is 20.0 Å². The van der Waals surface area contributed by atoms with Crippen LogP contribution in [0, 0.1) is 6.92 Å². The first kappa shape index (κ1) is 19.4. The third-order valence-corrected chi connectivity index (χ3v) is 5.08. The van der Waals surface area contributed by atoms with Crippen molar-refractivity contribution in [1.29, 1.82) is 0 Å². The summed E-state index contributed by atoms with van der Waals surface area (Å²) in [4.78, 5) is 16.5. The maximum Gasteiger partial charge on any atom is 0.337 e. The first-order chi connectivity index (χ1) is 13.1. The van der Waals surface area contributed by atoms with Crippen molar-refractivity contribution >= 4 is 5.97 Å². The number of ether oxygens (including phenoxy) is 2. The van der Waals surface area contributed by atoms with Crippen molar-refractivity contribution in [2.75, 3.05) is 40.4 Å². The summed E-state index contributed by atoms with van der Waals surface area (Å²) in [6.45, 7) is 8.09. The lowest BCUT2D eigenvalue weighted by molar-refractivity contribution is 0.0600. The number of rotatable bonds is 6. The van der Waals surface area contributed by atoms with Crippen LogP contribution in [0.5, 0.6) is 5.75 Å². The van der Waals surface area contributed by atoms with Gasteiger partial charge in [-0.05, 0) is 30.7 Å². The first-order valence-corrected chi connectivity index (χ1v) is 9.34. The van der Waals surface area contributed by atoms with Crippen LogP contribution in [0.3, 0.4) is 0 Å². The fourth-order valence-electron chi connectivity index (χ4n) is 3.50. The number of methoxy groups -OCH3 is 2. The van der Waals surface area contributed by atoms with Gasteiger partial charge in [0.05, 0.1) is 19.8 Å². The average molecular weight is 368 g/mol. The maximum absolute atomic E-state index is 11.5. The lowest BCUT2D eigenvalue weighted by Crippen LogP contribution is -2.45. The third kappa shape index (κ3) is 5.08. The van der Waals surface area contributed by atoms with Crippen LogP contribution in [0.4, 0.5) is 0 Å². The molecule has 1 aliphatic heterocycles. The normalized spacial score (nSPS) is 15.5. The lowest BCUT2D eigenvalue weighted by Gasteiger charge is -2.35. The molecule has 5 heteroatoms. The number of aryl methyl sites for hydroxylation is 1. The van der Waals surface area contributed by atoms with E-state index in [-0.39, 0.29) is 5.97 Å². The van der Waals surface area contributed by atoms with Crippen LogP contribution in [0.2, 0.25) is 0 Å². The van der Waals surface area contributed by atoms with E-state index in [0.29, 0.717) is 5.56 Å². The van der Waals surface area contributed by atoms with Crippen LogP contribution in [0.15, 0.2) is 42.5 Å². The number of hydrogen-bond acceptors (Lipinski definition) is 5. The number of benzene rings is 2. The van der Waals surface area contributed by atoms with Crippen molar-refractivity contribution < 1.29 is 14.3 Å². The predicted octanol–water partition coefficient (Wildman–Crippen LogP) is 3.11. The highest BCUT2D eigenvalue weighted by atomic mass is 16.5. The van der Waals surface area contributed by atoms with Crippen LogP contribution >= 0.6 is 0 Å². The zero-order chi connectivity index (χ0) is 19.2. The van der Waals surface area contributed by atoms with Crippen LogP contribution in [-0.4, -0.2) is 56.2 Å². The van der Waals surface area contributed by atoms with Gasteiger partial charge in [0.1, 0.15) is 5.75 Å². The Morgan fingerprint density at radius 3 is 2.15 bits per heavy atom. The number of hydrogen-bond donors (Lipinski definition) is 0. The molecule has 0 N–H and O–H groups in total. The van der Waals surface area contributed by atoms with E-state index in [4.69, 9.17) is 9.47 Å². The van der Waals surface area contributed by atoms with Gasteiger partial charge < -0.3 is 9.47 Å². The molecule has 0 radical (unpaired) electrons. The van der Waals surface area contributed by atoms with Crippen molar-refractivity contribution in [3.63, 3.8) is 0 Å². The Bertz CT molecular complexity index is 766. The fourth-order valence-corrected chi connectivity index (χ4v) is 3.50. The topological polar surface area (TPSA) is 42.0 Å². The quantitative estimate of drug-likeness (QED) is 0.733.